The molecular formula is C18H12BF3O3. The third kappa shape index (κ3) is 3.38. The summed E-state index contributed by atoms with van der Waals surface area (Å²) in [6.07, 6.45) is 0. The van der Waals surface area contributed by atoms with Crippen LogP contribution >= 0.6 is 0 Å². The van der Waals surface area contributed by atoms with Crippen molar-refractivity contribution in [2.45, 2.75) is 0 Å². The van der Waals surface area contributed by atoms with Gasteiger partial charge in [-0.1, -0.05) is 36.4 Å². The SMILES string of the molecule is OB(O)c1c(F)ccc(Oc2ccccc2-c2ccccc2F)c1F. The molecule has 3 rings (SSSR count). The number of hydrogen-bond donors (Lipinski definition) is 2. The molecule has 3 nitrogen and oxygen atoms in total. The Balaban J connectivity index is 2.06. The van der Waals surface area contributed by atoms with E-state index in [0.717, 1.165) is 12.1 Å². The van der Waals surface area contributed by atoms with Crippen molar-refractivity contribution in [1.82, 2.24) is 0 Å². The van der Waals surface area contributed by atoms with Crippen molar-refractivity contribution in [3.63, 3.8) is 0 Å². The standard InChI is InChI=1S/C18H12BF3O3/c20-13-7-3-1-5-11(13)12-6-2-4-8-15(12)25-16-10-9-14(21)17(18(16)22)19(23)24/h1-10,23-24H. The molecule has 0 atom stereocenters. The van der Waals surface area contributed by atoms with Crippen molar-refractivity contribution in [2.75, 3.05) is 0 Å². The van der Waals surface area contributed by atoms with Gasteiger partial charge in [0, 0.05) is 11.1 Å². The Morgan fingerprint density at radius 1 is 0.680 bits per heavy atom. The Kier molecular flexibility index (Phi) is 4.78. The van der Waals surface area contributed by atoms with Crippen molar-refractivity contribution in [3.05, 3.63) is 78.1 Å². The Morgan fingerprint density at radius 3 is 2.00 bits per heavy atom. The second-order valence-corrected chi connectivity index (χ2v) is 5.22. The summed E-state index contributed by atoms with van der Waals surface area (Å²) in [5, 5.41) is 18.2. The van der Waals surface area contributed by atoms with Crippen LogP contribution in [0.5, 0.6) is 11.5 Å². The molecule has 3 aromatic carbocycles. The van der Waals surface area contributed by atoms with Gasteiger partial charge in [-0.05, 0) is 24.3 Å². The zero-order valence-electron chi connectivity index (χ0n) is 12.8. The summed E-state index contributed by atoms with van der Waals surface area (Å²) in [5.41, 5.74) is -0.292. The maximum absolute atomic E-state index is 14.3. The van der Waals surface area contributed by atoms with Crippen LogP contribution in [-0.2, 0) is 0 Å². The number of rotatable bonds is 4. The normalized spacial score (nSPS) is 10.6. The Labute approximate surface area is 142 Å². The number of halogens is 3. The average Bonchev–Trinajstić information content (AvgIpc) is 2.58. The van der Waals surface area contributed by atoms with Gasteiger partial charge in [-0.25, -0.2) is 13.2 Å². The molecule has 0 aliphatic carbocycles. The van der Waals surface area contributed by atoms with E-state index in [9.17, 15) is 13.2 Å². The lowest BCUT2D eigenvalue weighted by Gasteiger charge is -2.14. The fourth-order valence-corrected chi connectivity index (χ4v) is 2.44. The van der Waals surface area contributed by atoms with Crippen LogP contribution in [0.25, 0.3) is 11.1 Å². The van der Waals surface area contributed by atoms with Crippen LogP contribution in [0.1, 0.15) is 0 Å². The molecule has 7 heteroatoms. The van der Waals surface area contributed by atoms with Crippen LogP contribution < -0.4 is 10.2 Å². The molecule has 3 aromatic rings. The van der Waals surface area contributed by atoms with Gasteiger partial charge in [-0.3, -0.25) is 0 Å². The van der Waals surface area contributed by atoms with E-state index in [1.807, 2.05) is 0 Å². The van der Waals surface area contributed by atoms with Crippen molar-refractivity contribution in [3.8, 4) is 22.6 Å². The minimum Gasteiger partial charge on any atom is -0.454 e. The number of hydrogen-bond acceptors (Lipinski definition) is 3. The topological polar surface area (TPSA) is 49.7 Å². The first-order valence-electron chi connectivity index (χ1n) is 7.35. The highest BCUT2D eigenvalue weighted by Gasteiger charge is 2.25. The molecule has 0 fully saturated rings. The molecule has 0 aromatic heterocycles. The largest absolute Gasteiger partial charge is 0.494 e. The Hall–Kier alpha value is -2.77. The highest BCUT2D eigenvalue weighted by atomic mass is 19.1. The molecule has 0 radical (unpaired) electrons. The molecule has 0 unspecified atom stereocenters. The summed E-state index contributed by atoms with van der Waals surface area (Å²) in [7, 11) is -2.33. The van der Waals surface area contributed by atoms with Crippen molar-refractivity contribution in [2.24, 2.45) is 0 Å². The molecule has 0 amide bonds. The summed E-state index contributed by atoms with van der Waals surface area (Å²) in [4.78, 5) is 0. The van der Waals surface area contributed by atoms with Crippen LogP contribution in [0.15, 0.2) is 60.7 Å². The van der Waals surface area contributed by atoms with Crippen LogP contribution in [0.2, 0.25) is 0 Å². The molecule has 0 saturated carbocycles. The molecule has 0 bridgehead atoms. The summed E-state index contributed by atoms with van der Waals surface area (Å²) < 4.78 is 47.4. The molecule has 0 aliphatic rings. The molecule has 126 valence electrons. The van der Waals surface area contributed by atoms with Crippen molar-refractivity contribution < 1.29 is 28.0 Å². The van der Waals surface area contributed by atoms with Gasteiger partial charge in [0.15, 0.2) is 11.6 Å². The smallest absolute Gasteiger partial charge is 0.454 e. The van der Waals surface area contributed by atoms with Gasteiger partial charge >= 0.3 is 7.12 Å². The predicted molar refractivity (Wildman–Crippen MR) is 88.1 cm³/mol. The lowest BCUT2D eigenvalue weighted by Crippen LogP contribution is -2.35. The molecule has 0 spiro atoms. The lowest BCUT2D eigenvalue weighted by molar-refractivity contribution is 0.411. The average molecular weight is 344 g/mol. The fraction of sp³-hybridized carbons (Fsp3) is 0. The third-order valence-electron chi connectivity index (χ3n) is 3.62. The minimum absolute atomic E-state index is 0.136. The van der Waals surface area contributed by atoms with Crippen molar-refractivity contribution in [1.29, 1.82) is 0 Å². The van der Waals surface area contributed by atoms with E-state index in [1.54, 1.807) is 30.3 Å². The molecule has 25 heavy (non-hydrogen) atoms. The van der Waals surface area contributed by atoms with E-state index in [2.05, 4.69) is 0 Å². The summed E-state index contributed by atoms with van der Waals surface area (Å²) in [6, 6.07) is 14.3. The maximum Gasteiger partial charge on any atom is 0.494 e. The van der Waals surface area contributed by atoms with E-state index in [-0.39, 0.29) is 11.3 Å². The van der Waals surface area contributed by atoms with Crippen LogP contribution in [-0.4, -0.2) is 17.2 Å². The number of benzene rings is 3. The molecule has 0 heterocycles. The van der Waals surface area contributed by atoms with Crippen molar-refractivity contribution >= 4 is 12.6 Å². The van der Waals surface area contributed by atoms with Gasteiger partial charge in [-0.2, -0.15) is 0 Å². The number of ether oxygens (including phenoxy) is 1. The minimum atomic E-state index is -2.33. The van der Waals surface area contributed by atoms with Crippen LogP contribution in [0.4, 0.5) is 13.2 Å². The lowest BCUT2D eigenvalue weighted by atomic mass is 9.79. The first kappa shape index (κ1) is 17.1. The molecule has 0 saturated heterocycles. The van der Waals surface area contributed by atoms with E-state index in [4.69, 9.17) is 14.8 Å². The highest BCUT2D eigenvalue weighted by molar-refractivity contribution is 6.58. The zero-order chi connectivity index (χ0) is 18.0. The molecular weight excluding hydrogens is 332 g/mol. The monoisotopic (exact) mass is 344 g/mol. The number of para-hydroxylation sites is 1. The summed E-state index contributed by atoms with van der Waals surface area (Å²) in [5.74, 6) is -3.10. The Bertz CT molecular complexity index is 916. The quantitative estimate of drug-likeness (QED) is 0.715. The first-order chi connectivity index (χ1) is 12.0. The van der Waals surface area contributed by atoms with Gasteiger partial charge < -0.3 is 14.8 Å². The summed E-state index contributed by atoms with van der Waals surface area (Å²) in [6.45, 7) is 0. The molecule has 0 aliphatic heterocycles. The highest BCUT2D eigenvalue weighted by Crippen LogP contribution is 2.35. The fourth-order valence-electron chi connectivity index (χ4n) is 2.44. The Morgan fingerprint density at radius 2 is 1.32 bits per heavy atom. The predicted octanol–water partition coefficient (Wildman–Crippen LogP) is 3.24. The van der Waals surface area contributed by atoms with Gasteiger partial charge in [0.2, 0.25) is 0 Å². The van der Waals surface area contributed by atoms with Crippen LogP contribution in [0, 0.1) is 17.5 Å². The van der Waals surface area contributed by atoms with E-state index < -0.39 is 35.8 Å². The van der Waals surface area contributed by atoms with Gasteiger partial charge in [-0.15, -0.1) is 0 Å². The zero-order valence-corrected chi connectivity index (χ0v) is 12.8. The van der Waals surface area contributed by atoms with Gasteiger partial charge in [0.05, 0.1) is 5.46 Å². The first-order valence-corrected chi connectivity index (χ1v) is 7.35. The van der Waals surface area contributed by atoms with Gasteiger partial charge in [0.1, 0.15) is 17.4 Å². The van der Waals surface area contributed by atoms with E-state index in [0.29, 0.717) is 5.56 Å². The summed E-state index contributed by atoms with van der Waals surface area (Å²) >= 11 is 0. The van der Waals surface area contributed by atoms with E-state index in [1.165, 1.54) is 18.2 Å². The maximum atomic E-state index is 14.3. The molecule has 2 N–H and O–H groups in total. The second-order valence-electron chi connectivity index (χ2n) is 5.22. The van der Waals surface area contributed by atoms with Gasteiger partial charge in [0.25, 0.3) is 0 Å². The van der Waals surface area contributed by atoms with E-state index >= 15 is 0 Å². The second kappa shape index (κ2) is 7.00. The third-order valence-corrected chi connectivity index (χ3v) is 3.62. The van der Waals surface area contributed by atoms with Crippen LogP contribution in [0.3, 0.4) is 0 Å².